The van der Waals surface area contributed by atoms with E-state index in [1.54, 1.807) is 4.90 Å². The number of hydrogen-bond donors (Lipinski definition) is 0. The van der Waals surface area contributed by atoms with Gasteiger partial charge in [-0.2, -0.15) is 0 Å². The Kier molecular flexibility index (Phi) is 3.12. The van der Waals surface area contributed by atoms with Crippen LogP contribution >= 0.6 is 23.2 Å². The lowest BCUT2D eigenvalue weighted by Gasteiger charge is -2.17. The zero-order valence-corrected chi connectivity index (χ0v) is 11.3. The Morgan fingerprint density at radius 3 is 2.84 bits per heavy atom. The lowest BCUT2D eigenvalue weighted by atomic mass is 10.2. The average Bonchev–Trinajstić information content (AvgIpc) is 2.84. The van der Waals surface area contributed by atoms with Crippen LogP contribution in [0.25, 0.3) is 0 Å². The van der Waals surface area contributed by atoms with E-state index in [1.807, 2.05) is 24.3 Å². The number of hydrogen-bond acceptors (Lipinski definition) is 3. The zero-order chi connectivity index (χ0) is 13.4. The molecule has 0 atom stereocenters. The molecule has 2 aromatic rings. The summed E-state index contributed by atoms with van der Waals surface area (Å²) in [6.07, 6.45) is 0.839. The van der Waals surface area contributed by atoms with E-state index in [2.05, 4.69) is 10.2 Å². The van der Waals surface area contributed by atoms with Gasteiger partial charge in [-0.3, -0.25) is 4.79 Å². The minimum Gasteiger partial charge on any atom is -0.308 e. The number of aromatic nitrogens is 2. The van der Waals surface area contributed by atoms with E-state index in [-0.39, 0.29) is 21.8 Å². The molecule has 0 bridgehead atoms. The molecule has 3 rings (SSSR count). The second-order valence-corrected chi connectivity index (χ2v) is 4.95. The molecule has 1 aliphatic heterocycles. The third-order valence-corrected chi connectivity index (χ3v) is 3.55. The minimum atomic E-state index is -0.202. The van der Waals surface area contributed by atoms with Gasteiger partial charge >= 0.3 is 0 Å². The second kappa shape index (κ2) is 4.79. The van der Waals surface area contributed by atoms with Crippen molar-refractivity contribution in [3.05, 3.63) is 51.8 Å². The molecule has 2 heterocycles. The molecule has 0 saturated heterocycles. The molecule has 0 fully saturated rings. The maximum absolute atomic E-state index is 12.5. The van der Waals surface area contributed by atoms with E-state index in [0.717, 1.165) is 17.7 Å². The predicted octanol–water partition coefficient (Wildman–Crippen LogP) is 2.99. The van der Waals surface area contributed by atoms with Crippen molar-refractivity contribution in [1.82, 2.24) is 10.2 Å². The molecule has 19 heavy (non-hydrogen) atoms. The van der Waals surface area contributed by atoms with Gasteiger partial charge < -0.3 is 4.90 Å². The monoisotopic (exact) mass is 293 g/mol. The smallest absolute Gasteiger partial charge is 0.261 e. The summed E-state index contributed by atoms with van der Waals surface area (Å²) in [5.41, 5.74) is 2.34. The second-order valence-electron chi connectivity index (χ2n) is 4.21. The van der Waals surface area contributed by atoms with E-state index in [4.69, 9.17) is 23.2 Å². The molecule has 0 aliphatic carbocycles. The lowest BCUT2D eigenvalue weighted by molar-refractivity contribution is 0.0989. The van der Waals surface area contributed by atoms with Gasteiger partial charge in [-0.15, -0.1) is 10.2 Å². The highest BCUT2D eigenvalue weighted by Crippen LogP contribution is 2.30. The van der Waals surface area contributed by atoms with Crippen LogP contribution in [0.15, 0.2) is 30.3 Å². The fourth-order valence-corrected chi connectivity index (χ4v) is 2.52. The highest BCUT2D eigenvalue weighted by Gasteiger charge is 2.27. The Morgan fingerprint density at radius 2 is 2.00 bits per heavy atom. The topological polar surface area (TPSA) is 46.1 Å². The van der Waals surface area contributed by atoms with Crippen molar-refractivity contribution in [2.24, 2.45) is 0 Å². The summed E-state index contributed by atoms with van der Waals surface area (Å²) < 4.78 is 0. The Morgan fingerprint density at radius 1 is 1.21 bits per heavy atom. The van der Waals surface area contributed by atoms with Crippen LogP contribution in [0.2, 0.25) is 10.3 Å². The first-order valence-electron chi connectivity index (χ1n) is 5.75. The number of rotatable bonds is 1. The van der Waals surface area contributed by atoms with Gasteiger partial charge in [-0.1, -0.05) is 41.4 Å². The van der Waals surface area contributed by atoms with Crippen LogP contribution in [0.3, 0.4) is 0 Å². The fraction of sp³-hybridized carbons (Fsp3) is 0.154. The van der Waals surface area contributed by atoms with Gasteiger partial charge in [0.25, 0.3) is 5.91 Å². The van der Waals surface area contributed by atoms with Crippen LogP contribution in [0.1, 0.15) is 15.9 Å². The van der Waals surface area contributed by atoms with Gasteiger partial charge in [-0.25, -0.2) is 0 Å². The van der Waals surface area contributed by atoms with Gasteiger partial charge in [0, 0.05) is 12.2 Å². The van der Waals surface area contributed by atoms with Gasteiger partial charge in [0.15, 0.2) is 10.3 Å². The largest absolute Gasteiger partial charge is 0.308 e. The van der Waals surface area contributed by atoms with E-state index < -0.39 is 0 Å². The van der Waals surface area contributed by atoms with Crippen LogP contribution in [-0.4, -0.2) is 22.6 Å². The molecule has 4 nitrogen and oxygen atoms in total. The predicted molar refractivity (Wildman–Crippen MR) is 73.9 cm³/mol. The fourth-order valence-electron chi connectivity index (χ4n) is 2.20. The highest BCUT2D eigenvalue weighted by atomic mass is 35.5. The minimum absolute atomic E-state index is 0.0683. The Hall–Kier alpha value is -1.65. The number of nitrogens with zero attached hydrogens (tertiary/aromatic N) is 3. The number of benzene rings is 1. The van der Waals surface area contributed by atoms with E-state index >= 15 is 0 Å². The molecule has 0 saturated carbocycles. The van der Waals surface area contributed by atoms with E-state index in [1.165, 1.54) is 6.07 Å². The normalized spacial score (nSPS) is 13.5. The third kappa shape index (κ3) is 2.17. The third-order valence-electron chi connectivity index (χ3n) is 3.08. The summed E-state index contributed by atoms with van der Waals surface area (Å²) in [5.74, 6) is -0.202. The Balaban J connectivity index is 2.00. The maximum Gasteiger partial charge on any atom is 0.261 e. The summed E-state index contributed by atoms with van der Waals surface area (Å²) in [6, 6.07) is 9.25. The molecular weight excluding hydrogens is 285 g/mol. The molecule has 0 radical (unpaired) electrons. The lowest BCUT2D eigenvalue weighted by Crippen LogP contribution is -2.29. The Labute approximate surface area is 120 Å². The van der Waals surface area contributed by atoms with Crippen LogP contribution in [0, 0.1) is 0 Å². The van der Waals surface area contributed by atoms with Crippen molar-refractivity contribution in [1.29, 1.82) is 0 Å². The SMILES string of the molecule is O=C(c1cc(Cl)nnc1Cl)N1CCc2ccccc21. The van der Waals surface area contributed by atoms with Gasteiger partial charge in [-0.05, 0) is 24.1 Å². The molecule has 0 unspecified atom stereocenters. The summed E-state index contributed by atoms with van der Waals surface area (Å²) in [5, 5.41) is 7.49. The molecule has 96 valence electrons. The van der Waals surface area contributed by atoms with Gasteiger partial charge in [0.2, 0.25) is 0 Å². The quantitative estimate of drug-likeness (QED) is 0.812. The summed E-state index contributed by atoms with van der Waals surface area (Å²) in [6.45, 7) is 0.633. The molecule has 1 aromatic heterocycles. The van der Waals surface area contributed by atoms with Crippen molar-refractivity contribution in [3.63, 3.8) is 0 Å². The molecule has 6 heteroatoms. The van der Waals surface area contributed by atoms with Crippen molar-refractivity contribution >= 4 is 34.8 Å². The number of amides is 1. The molecule has 0 spiro atoms. The number of para-hydroxylation sites is 1. The number of halogens is 2. The number of fused-ring (bicyclic) bond motifs is 1. The standard InChI is InChI=1S/C13H9Cl2N3O/c14-11-7-9(12(15)17-16-11)13(19)18-6-5-8-3-1-2-4-10(8)18/h1-4,7H,5-6H2. The van der Waals surface area contributed by atoms with Crippen LogP contribution in [0.4, 0.5) is 5.69 Å². The molecule has 1 aromatic carbocycles. The van der Waals surface area contributed by atoms with Crippen LogP contribution in [-0.2, 0) is 6.42 Å². The van der Waals surface area contributed by atoms with E-state index in [0.29, 0.717) is 6.54 Å². The van der Waals surface area contributed by atoms with Crippen LogP contribution in [0.5, 0.6) is 0 Å². The van der Waals surface area contributed by atoms with Gasteiger partial charge in [0.05, 0.1) is 5.56 Å². The average molecular weight is 294 g/mol. The number of anilines is 1. The molecule has 1 amide bonds. The summed E-state index contributed by atoms with van der Waals surface area (Å²) in [7, 11) is 0. The molecule has 0 N–H and O–H groups in total. The van der Waals surface area contributed by atoms with Crippen molar-refractivity contribution in [3.8, 4) is 0 Å². The van der Waals surface area contributed by atoms with E-state index in [9.17, 15) is 4.79 Å². The molecule has 1 aliphatic rings. The zero-order valence-electron chi connectivity index (χ0n) is 9.81. The summed E-state index contributed by atoms with van der Waals surface area (Å²) >= 11 is 11.7. The summed E-state index contributed by atoms with van der Waals surface area (Å²) in [4.78, 5) is 14.2. The van der Waals surface area contributed by atoms with Crippen LogP contribution < -0.4 is 4.90 Å². The Bertz CT molecular complexity index is 660. The van der Waals surface area contributed by atoms with Crippen molar-refractivity contribution < 1.29 is 4.79 Å². The maximum atomic E-state index is 12.5. The van der Waals surface area contributed by atoms with Crippen molar-refractivity contribution in [2.45, 2.75) is 6.42 Å². The number of carbonyl (C=O) groups excluding carboxylic acids is 1. The number of carbonyl (C=O) groups is 1. The highest BCUT2D eigenvalue weighted by molar-refractivity contribution is 6.34. The van der Waals surface area contributed by atoms with Crippen molar-refractivity contribution in [2.75, 3.05) is 11.4 Å². The first kappa shape index (κ1) is 12.4. The first-order valence-corrected chi connectivity index (χ1v) is 6.51. The van der Waals surface area contributed by atoms with Gasteiger partial charge in [0.1, 0.15) is 0 Å². The first-order chi connectivity index (χ1) is 9.16. The molecular formula is C13H9Cl2N3O.